The van der Waals surface area contributed by atoms with Crippen LogP contribution in [0.1, 0.15) is 19.3 Å². The highest BCUT2D eigenvalue weighted by Gasteiger charge is 2.31. The standard InChI is InChI=1S/C13H25NO5/c1-17-8-3-6-14(7-9-18-2)10-11-4-5-12(19-11)13(15)16/h11-12H,3-10H2,1-2H3,(H,15,16). The highest BCUT2D eigenvalue weighted by Crippen LogP contribution is 2.20. The van der Waals surface area contributed by atoms with Crippen LogP contribution in [-0.4, -0.2) is 75.3 Å². The van der Waals surface area contributed by atoms with Crippen LogP contribution in [0.2, 0.25) is 0 Å². The predicted molar refractivity (Wildman–Crippen MR) is 70.3 cm³/mol. The van der Waals surface area contributed by atoms with Crippen molar-refractivity contribution < 1.29 is 24.1 Å². The van der Waals surface area contributed by atoms with Gasteiger partial charge in [0.15, 0.2) is 6.10 Å². The van der Waals surface area contributed by atoms with E-state index in [1.54, 1.807) is 14.2 Å². The number of ether oxygens (including phenoxy) is 3. The molecule has 6 heteroatoms. The first-order chi connectivity index (χ1) is 9.17. The van der Waals surface area contributed by atoms with Crippen LogP contribution in [-0.2, 0) is 19.0 Å². The minimum Gasteiger partial charge on any atom is -0.479 e. The molecule has 0 aliphatic carbocycles. The number of carboxylic acids is 1. The summed E-state index contributed by atoms with van der Waals surface area (Å²) < 4.78 is 15.7. The lowest BCUT2D eigenvalue weighted by molar-refractivity contribution is -0.149. The van der Waals surface area contributed by atoms with Gasteiger partial charge in [0, 0.05) is 40.5 Å². The SMILES string of the molecule is COCCCN(CCOC)CC1CCC(C(=O)O)O1. The van der Waals surface area contributed by atoms with Crippen LogP contribution in [0.3, 0.4) is 0 Å². The van der Waals surface area contributed by atoms with E-state index in [1.807, 2.05) is 0 Å². The van der Waals surface area contributed by atoms with E-state index in [0.717, 1.165) is 39.1 Å². The Kier molecular flexibility index (Phi) is 7.97. The summed E-state index contributed by atoms with van der Waals surface area (Å²) in [5, 5.41) is 8.90. The van der Waals surface area contributed by atoms with Gasteiger partial charge >= 0.3 is 5.97 Å². The van der Waals surface area contributed by atoms with E-state index in [2.05, 4.69) is 4.90 Å². The Bertz CT molecular complexity index is 261. The summed E-state index contributed by atoms with van der Waals surface area (Å²) in [6.07, 6.45) is 1.75. The summed E-state index contributed by atoms with van der Waals surface area (Å²) in [7, 11) is 3.37. The van der Waals surface area contributed by atoms with Gasteiger partial charge in [-0.25, -0.2) is 4.79 Å². The number of rotatable bonds is 10. The zero-order chi connectivity index (χ0) is 14.1. The lowest BCUT2D eigenvalue weighted by Crippen LogP contribution is -2.36. The Labute approximate surface area is 114 Å². The molecule has 0 amide bonds. The van der Waals surface area contributed by atoms with Crippen LogP contribution >= 0.6 is 0 Å². The summed E-state index contributed by atoms with van der Waals surface area (Å²) in [6, 6.07) is 0. The molecule has 1 aliphatic rings. The Morgan fingerprint density at radius 1 is 1.26 bits per heavy atom. The average Bonchev–Trinajstić information content (AvgIpc) is 2.84. The van der Waals surface area contributed by atoms with E-state index in [4.69, 9.17) is 19.3 Å². The highest BCUT2D eigenvalue weighted by atomic mass is 16.5. The Balaban J connectivity index is 2.32. The quantitative estimate of drug-likeness (QED) is 0.589. The lowest BCUT2D eigenvalue weighted by atomic mass is 10.2. The third-order valence-corrected chi connectivity index (χ3v) is 3.28. The highest BCUT2D eigenvalue weighted by molar-refractivity contribution is 5.72. The first-order valence-electron chi connectivity index (χ1n) is 6.76. The Hall–Kier alpha value is -0.690. The summed E-state index contributed by atoms with van der Waals surface area (Å²) in [5.41, 5.74) is 0. The van der Waals surface area contributed by atoms with Gasteiger partial charge in [-0.2, -0.15) is 0 Å². The number of nitrogens with zero attached hydrogens (tertiary/aromatic N) is 1. The molecule has 2 unspecified atom stereocenters. The average molecular weight is 275 g/mol. The minimum atomic E-state index is -0.856. The maximum atomic E-state index is 10.8. The van der Waals surface area contributed by atoms with Gasteiger partial charge in [0.25, 0.3) is 0 Å². The number of carbonyl (C=O) groups is 1. The summed E-state index contributed by atoms with van der Waals surface area (Å²) >= 11 is 0. The van der Waals surface area contributed by atoms with Crippen LogP contribution in [0.25, 0.3) is 0 Å². The molecule has 1 saturated heterocycles. The monoisotopic (exact) mass is 275 g/mol. The first kappa shape index (κ1) is 16.4. The van der Waals surface area contributed by atoms with Gasteiger partial charge in [-0.1, -0.05) is 0 Å². The molecule has 112 valence electrons. The van der Waals surface area contributed by atoms with Crippen molar-refractivity contribution in [2.45, 2.75) is 31.5 Å². The molecule has 1 rings (SSSR count). The van der Waals surface area contributed by atoms with Crippen LogP contribution in [0.15, 0.2) is 0 Å². The number of hydrogen-bond acceptors (Lipinski definition) is 5. The molecule has 1 fully saturated rings. The van der Waals surface area contributed by atoms with E-state index >= 15 is 0 Å². The molecule has 0 radical (unpaired) electrons. The fraction of sp³-hybridized carbons (Fsp3) is 0.923. The van der Waals surface area contributed by atoms with Gasteiger partial charge in [0.2, 0.25) is 0 Å². The number of aliphatic carboxylic acids is 1. The van der Waals surface area contributed by atoms with Crippen molar-refractivity contribution in [2.24, 2.45) is 0 Å². The van der Waals surface area contributed by atoms with Crippen molar-refractivity contribution in [1.82, 2.24) is 4.90 Å². The molecule has 19 heavy (non-hydrogen) atoms. The van der Waals surface area contributed by atoms with Crippen molar-refractivity contribution in [2.75, 3.05) is 47.1 Å². The molecule has 0 aromatic carbocycles. The minimum absolute atomic E-state index is 0.0144. The molecule has 0 aromatic heterocycles. The normalized spacial score (nSPS) is 23.1. The molecule has 2 atom stereocenters. The zero-order valence-electron chi connectivity index (χ0n) is 11.8. The van der Waals surface area contributed by atoms with Gasteiger partial charge < -0.3 is 19.3 Å². The third-order valence-electron chi connectivity index (χ3n) is 3.28. The van der Waals surface area contributed by atoms with Crippen LogP contribution in [0, 0.1) is 0 Å². The van der Waals surface area contributed by atoms with Crippen LogP contribution < -0.4 is 0 Å². The van der Waals surface area contributed by atoms with E-state index in [0.29, 0.717) is 13.0 Å². The van der Waals surface area contributed by atoms with Crippen molar-refractivity contribution in [3.05, 3.63) is 0 Å². The predicted octanol–water partition coefficient (Wildman–Crippen LogP) is 0.604. The van der Waals surface area contributed by atoms with Crippen LogP contribution in [0.5, 0.6) is 0 Å². The molecule has 0 aromatic rings. The van der Waals surface area contributed by atoms with Gasteiger partial charge in [-0.05, 0) is 19.3 Å². The van der Waals surface area contributed by atoms with E-state index in [1.165, 1.54) is 0 Å². The second-order valence-electron chi connectivity index (χ2n) is 4.80. The molecule has 6 nitrogen and oxygen atoms in total. The molecule has 1 aliphatic heterocycles. The Morgan fingerprint density at radius 2 is 2.00 bits per heavy atom. The van der Waals surface area contributed by atoms with E-state index in [-0.39, 0.29) is 6.10 Å². The number of carboxylic acid groups (broad SMARTS) is 1. The van der Waals surface area contributed by atoms with Crippen molar-refractivity contribution >= 4 is 5.97 Å². The lowest BCUT2D eigenvalue weighted by Gasteiger charge is -2.25. The van der Waals surface area contributed by atoms with E-state index < -0.39 is 12.1 Å². The molecule has 1 heterocycles. The molecular weight excluding hydrogens is 250 g/mol. The second-order valence-corrected chi connectivity index (χ2v) is 4.80. The summed E-state index contributed by atoms with van der Waals surface area (Å²) in [6.45, 7) is 3.90. The molecule has 0 bridgehead atoms. The van der Waals surface area contributed by atoms with Crippen molar-refractivity contribution in [3.8, 4) is 0 Å². The van der Waals surface area contributed by atoms with Gasteiger partial charge in [0.1, 0.15) is 0 Å². The third kappa shape index (κ3) is 6.33. The van der Waals surface area contributed by atoms with Gasteiger partial charge in [-0.15, -0.1) is 0 Å². The first-order valence-corrected chi connectivity index (χ1v) is 6.76. The van der Waals surface area contributed by atoms with Crippen molar-refractivity contribution in [3.63, 3.8) is 0 Å². The fourth-order valence-corrected chi connectivity index (χ4v) is 2.26. The smallest absolute Gasteiger partial charge is 0.332 e. The Morgan fingerprint density at radius 3 is 2.58 bits per heavy atom. The molecule has 0 saturated carbocycles. The maximum Gasteiger partial charge on any atom is 0.332 e. The fourth-order valence-electron chi connectivity index (χ4n) is 2.26. The maximum absolute atomic E-state index is 10.8. The topological polar surface area (TPSA) is 68.2 Å². The largest absolute Gasteiger partial charge is 0.479 e. The summed E-state index contributed by atoms with van der Waals surface area (Å²) in [4.78, 5) is 13.1. The zero-order valence-corrected chi connectivity index (χ0v) is 11.8. The molecule has 0 spiro atoms. The van der Waals surface area contributed by atoms with Gasteiger partial charge in [-0.3, -0.25) is 4.90 Å². The van der Waals surface area contributed by atoms with Crippen molar-refractivity contribution in [1.29, 1.82) is 0 Å². The number of methoxy groups -OCH3 is 2. The molecule has 1 N–H and O–H groups in total. The number of hydrogen-bond donors (Lipinski definition) is 1. The van der Waals surface area contributed by atoms with E-state index in [9.17, 15) is 4.79 Å². The van der Waals surface area contributed by atoms with Crippen LogP contribution in [0.4, 0.5) is 0 Å². The summed E-state index contributed by atoms with van der Waals surface area (Å²) in [5.74, 6) is -0.856. The molecular formula is C13H25NO5. The second kappa shape index (κ2) is 9.25. The van der Waals surface area contributed by atoms with Gasteiger partial charge in [0.05, 0.1) is 12.7 Å².